The molecule has 1 heterocycles. The van der Waals surface area contributed by atoms with Crippen molar-refractivity contribution in [2.24, 2.45) is 5.73 Å². The van der Waals surface area contributed by atoms with Gasteiger partial charge in [0.1, 0.15) is 0 Å². The van der Waals surface area contributed by atoms with E-state index in [2.05, 4.69) is 10.6 Å². The molecular weight excluding hydrogens is 358 g/mol. The van der Waals surface area contributed by atoms with Crippen molar-refractivity contribution in [2.45, 2.75) is 44.4 Å². The number of nitrogens with one attached hydrogen (secondary N) is 2. The number of fused-ring (bicyclic) bond motifs is 1. The highest BCUT2D eigenvalue weighted by molar-refractivity contribution is 6.04. The summed E-state index contributed by atoms with van der Waals surface area (Å²) < 4.78 is 12.2. The minimum atomic E-state index is -0.584. The van der Waals surface area contributed by atoms with Crippen molar-refractivity contribution in [3.05, 3.63) is 53.6 Å². The van der Waals surface area contributed by atoms with Gasteiger partial charge in [0.25, 0.3) is 11.7 Å². The Kier molecular flexibility index (Phi) is 4.81. The summed E-state index contributed by atoms with van der Waals surface area (Å²) in [6, 6.07) is 11.8. The van der Waals surface area contributed by atoms with Crippen LogP contribution in [-0.4, -0.2) is 17.7 Å². The zero-order valence-corrected chi connectivity index (χ0v) is 15.5. The van der Waals surface area contributed by atoms with Crippen molar-refractivity contribution in [3.63, 3.8) is 0 Å². The molecule has 0 atom stereocenters. The summed E-state index contributed by atoms with van der Waals surface area (Å²) in [5.41, 5.74) is 7.08. The molecule has 1 aliphatic carbocycles. The quantitative estimate of drug-likeness (QED) is 0.754. The zero-order chi connectivity index (χ0) is 19.6. The molecule has 0 saturated heterocycles. The number of carbonyl (C=O) groups is 2. The summed E-state index contributed by atoms with van der Waals surface area (Å²) in [4.78, 5) is 23.3. The van der Waals surface area contributed by atoms with Gasteiger partial charge in [-0.25, -0.2) is 4.79 Å². The molecule has 3 amide bonds. The topological polar surface area (TPSA) is 103 Å². The van der Waals surface area contributed by atoms with E-state index in [1.807, 2.05) is 18.2 Å². The van der Waals surface area contributed by atoms with E-state index >= 15 is 0 Å². The number of ether oxygens (including phenoxy) is 2. The predicted octanol–water partition coefficient (Wildman–Crippen LogP) is 3.54. The number of urea groups is 1. The van der Waals surface area contributed by atoms with Crippen molar-refractivity contribution in [1.29, 1.82) is 0 Å². The van der Waals surface area contributed by atoms with Crippen LogP contribution < -0.4 is 25.8 Å². The molecule has 4 N–H and O–H groups in total. The highest BCUT2D eigenvalue weighted by Crippen LogP contribution is 2.46. The smallest absolute Gasteiger partial charge is 0.312 e. The van der Waals surface area contributed by atoms with Gasteiger partial charge in [-0.1, -0.05) is 18.6 Å². The molecule has 1 aliphatic heterocycles. The molecule has 7 heteroatoms. The first-order chi connectivity index (χ1) is 13.5. The lowest BCUT2D eigenvalue weighted by Crippen LogP contribution is -2.40. The van der Waals surface area contributed by atoms with Crippen LogP contribution in [0.4, 0.5) is 10.5 Å². The van der Waals surface area contributed by atoms with E-state index in [4.69, 9.17) is 15.2 Å². The van der Waals surface area contributed by atoms with E-state index in [1.165, 1.54) is 6.42 Å². The standard InChI is InChI=1S/C21H23N3O4/c22-20(26)23-13-14-4-6-15(7-5-14)19(25)24-16-8-9-17-18(12-16)28-21(27-17)10-2-1-3-11-21/h4-9,12H,1-3,10-11,13H2,(H,24,25)(H3,22,23,26). The number of carbonyl (C=O) groups excluding carboxylic acids is 2. The Labute approximate surface area is 163 Å². The maximum absolute atomic E-state index is 12.5. The molecule has 0 radical (unpaired) electrons. The van der Waals surface area contributed by atoms with Gasteiger partial charge in [-0.2, -0.15) is 0 Å². The van der Waals surface area contributed by atoms with Crippen LogP contribution in [0.15, 0.2) is 42.5 Å². The SMILES string of the molecule is NC(=O)NCc1ccc(C(=O)Nc2ccc3c(c2)OC2(CCCCC2)O3)cc1. The normalized spacial score (nSPS) is 16.6. The molecule has 0 unspecified atom stereocenters. The van der Waals surface area contributed by atoms with Gasteiger partial charge in [-0.05, 0) is 42.7 Å². The highest BCUT2D eigenvalue weighted by Gasteiger charge is 2.42. The van der Waals surface area contributed by atoms with Crippen molar-refractivity contribution >= 4 is 17.6 Å². The van der Waals surface area contributed by atoms with Gasteiger partial charge >= 0.3 is 6.03 Å². The van der Waals surface area contributed by atoms with E-state index < -0.39 is 11.8 Å². The van der Waals surface area contributed by atoms with Gasteiger partial charge in [0.2, 0.25) is 0 Å². The van der Waals surface area contributed by atoms with Crippen molar-refractivity contribution < 1.29 is 19.1 Å². The first-order valence-corrected chi connectivity index (χ1v) is 9.49. The Morgan fingerprint density at radius 2 is 1.68 bits per heavy atom. The average Bonchev–Trinajstić information content (AvgIpc) is 3.03. The number of benzene rings is 2. The maximum atomic E-state index is 12.5. The molecule has 2 aromatic rings. The van der Waals surface area contributed by atoms with Gasteiger partial charge in [0, 0.05) is 36.7 Å². The summed E-state index contributed by atoms with van der Waals surface area (Å²) in [6.45, 7) is 0.321. The van der Waals surface area contributed by atoms with Crippen LogP contribution in [0.3, 0.4) is 0 Å². The lowest BCUT2D eigenvalue weighted by atomic mass is 9.94. The summed E-state index contributed by atoms with van der Waals surface area (Å²) in [6.07, 6.45) is 5.19. The predicted molar refractivity (Wildman–Crippen MR) is 104 cm³/mol. The largest absolute Gasteiger partial charge is 0.448 e. The number of amides is 3. The summed E-state index contributed by atoms with van der Waals surface area (Å²) in [7, 11) is 0. The summed E-state index contributed by atoms with van der Waals surface area (Å²) in [5.74, 6) is 0.650. The first kappa shape index (κ1) is 18.2. The van der Waals surface area contributed by atoms with Crippen molar-refractivity contribution in [2.75, 3.05) is 5.32 Å². The maximum Gasteiger partial charge on any atom is 0.312 e. The second-order valence-electron chi connectivity index (χ2n) is 7.21. The second-order valence-corrected chi connectivity index (χ2v) is 7.21. The molecule has 7 nitrogen and oxygen atoms in total. The summed E-state index contributed by atoms with van der Waals surface area (Å²) in [5, 5.41) is 5.40. The van der Waals surface area contributed by atoms with Gasteiger partial charge in [-0.15, -0.1) is 0 Å². The van der Waals surface area contributed by atoms with E-state index in [1.54, 1.807) is 24.3 Å². The van der Waals surface area contributed by atoms with Crippen LogP contribution in [0.1, 0.15) is 48.0 Å². The minimum Gasteiger partial charge on any atom is -0.448 e. The Bertz CT molecular complexity index is 889. The number of hydrogen-bond donors (Lipinski definition) is 3. The molecule has 1 spiro atoms. The number of rotatable bonds is 4. The number of primary amides is 1. The van der Waals surface area contributed by atoms with Gasteiger partial charge in [0.05, 0.1) is 0 Å². The van der Waals surface area contributed by atoms with Crippen molar-refractivity contribution in [1.82, 2.24) is 5.32 Å². The molecule has 1 saturated carbocycles. The zero-order valence-electron chi connectivity index (χ0n) is 15.5. The molecule has 2 aliphatic rings. The number of nitrogens with two attached hydrogens (primary N) is 1. The highest BCUT2D eigenvalue weighted by atomic mass is 16.7. The third-order valence-electron chi connectivity index (χ3n) is 5.09. The molecule has 2 aromatic carbocycles. The van der Waals surface area contributed by atoms with Crippen LogP contribution >= 0.6 is 0 Å². The minimum absolute atomic E-state index is 0.222. The van der Waals surface area contributed by atoms with Gasteiger partial charge in [-0.3, -0.25) is 4.79 Å². The molecule has 4 rings (SSSR count). The Balaban J connectivity index is 1.40. The van der Waals surface area contributed by atoms with Crippen LogP contribution in [0, 0.1) is 0 Å². The number of anilines is 1. The Morgan fingerprint density at radius 1 is 0.964 bits per heavy atom. The van der Waals surface area contributed by atoms with Crippen LogP contribution in [0.2, 0.25) is 0 Å². The Hall–Kier alpha value is -3.22. The fraction of sp³-hybridized carbons (Fsp3) is 0.333. The van der Waals surface area contributed by atoms with Crippen LogP contribution in [-0.2, 0) is 6.54 Å². The van der Waals surface area contributed by atoms with Crippen LogP contribution in [0.25, 0.3) is 0 Å². The van der Waals surface area contributed by atoms with E-state index in [-0.39, 0.29) is 5.91 Å². The van der Waals surface area contributed by atoms with Crippen molar-refractivity contribution in [3.8, 4) is 11.5 Å². The lowest BCUT2D eigenvalue weighted by molar-refractivity contribution is -0.105. The third-order valence-corrected chi connectivity index (χ3v) is 5.09. The molecule has 0 bridgehead atoms. The Morgan fingerprint density at radius 3 is 2.39 bits per heavy atom. The van der Waals surface area contributed by atoms with Gasteiger partial charge in [0.15, 0.2) is 11.5 Å². The lowest BCUT2D eigenvalue weighted by Gasteiger charge is -2.31. The number of hydrogen-bond acceptors (Lipinski definition) is 4. The average molecular weight is 381 g/mol. The fourth-order valence-corrected chi connectivity index (χ4v) is 3.63. The molecular formula is C21H23N3O4. The van der Waals surface area contributed by atoms with Gasteiger partial charge < -0.3 is 25.8 Å². The molecule has 28 heavy (non-hydrogen) atoms. The molecule has 1 fully saturated rings. The van der Waals surface area contributed by atoms with E-state index in [9.17, 15) is 9.59 Å². The molecule has 0 aromatic heterocycles. The van der Waals surface area contributed by atoms with E-state index in [0.717, 1.165) is 37.0 Å². The third kappa shape index (κ3) is 3.88. The fourth-order valence-electron chi connectivity index (χ4n) is 3.63. The molecule has 146 valence electrons. The second kappa shape index (κ2) is 7.42. The van der Waals surface area contributed by atoms with E-state index in [0.29, 0.717) is 23.5 Å². The monoisotopic (exact) mass is 381 g/mol. The summed E-state index contributed by atoms with van der Waals surface area (Å²) >= 11 is 0. The van der Waals surface area contributed by atoms with Crippen LogP contribution in [0.5, 0.6) is 11.5 Å². The first-order valence-electron chi connectivity index (χ1n) is 9.49.